The van der Waals surface area contributed by atoms with Crippen molar-refractivity contribution in [3.8, 4) is 0 Å². The van der Waals surface area contributed by atoms with Crippen LogP contribution in [0, 0.1) is 0 Å². The Bertz CT molecular complexity index is 173. The number of carbonyl (C=O) groups excluding carboxylic acids is 4. The van der Waals surface area contributed by atoms with Crippen molar-refractivity contribution < 1.29 is 169 Å². The molecule has 112 valence electrons. The van der Waals surface area contributed by atoms with Crippen molar-refractivity contribution in [2.45, 2.75) is 27.7 Å². The van der Waals surface area contributed by atoms with Gasteiger partial charge in [0.25, 0.3) is 0 Å². The number of carboxylic acids is 4. The second kappa shape index (κ2) is 56.9. The molecule has 0 saturated carbocycles. The van der Waals surface area contributed by atoms with Gasteiger partial charge in [-0.25, -0.2) is 0 Å². The van der Waals surface area contributed by atoms with E-state index in [1.54, 1.807) is 0 Å². The maximum atomic E-state index is 8.89. The summed E-state index contributed by atoms with van der Waals surface area (Å²) in [7, 11) is 0. The Labute approximate surface area is 217 Å². The first-order valence-electron chi connectivity index (χ1n) is 3.63. The van der Waals surface area contributed by atoms with E-state index < -0.39 is 23.9 Å². The molecule has 0 amide bonds. The fraction of sp³-hybridized carbons (Fsp3) is 0.500. The van der Waals surface area contributed by atoms with Crippen LogP contribution in [0.25, 0.3) is 0 Å². The van der Waals surface area contributed by atoms with Crippen molar-refractivity contribution >= 4 is 23.9 Å². The summed E-state index contributed by atoms with van der Waals surface area (Å²) in [5, 5.41) is 35.6. The number of hydrogen-bond acceptors (Lipinski definition) is 8. The molecule has 0 unspecified atom stereocenters. The van der Waals surface area contributed by atoms with E-state index in [-0.39, 0.29) is 129 Å². The number of hydrogen-bond donors (Lipinski definition) is 0. The number of rotatable bonds is 0. The minimum atomic E-state index is -1.08. The van der Waals surface area contributed by atoms with Crippen molar-refractivity contribution in [3.63, 3.8) is 0 Å². The molecule has 22 heavy (non-hydrogen) atoms. The molecule has 0 bridgehead atoms. The summed E-state index contributed by atoms with van der Waals surface area (Å²) < 4.78 is 0. The molecule has 0 saturated heterocycles. The van der Waals surface area contributed by atoms with Crippen LogP contribution >= 0.6 is 0 Å². The average Bonchev–Trinajstić information content (AvgIpc) is 1.76. The van der Waals surface area contributed by atoms with Crippen LogP contribution in [-0.4, -0.2) is 34.8 Å². The van der Waals surface area contributed by atoms with Gasteiger partial charge >= 0.3 is 118 Å². The molecule has 0 heterocycles. The largest absolute Gasteiger partial charge is 1.00 e. The topological polar surface area (TPSA) is 224 Å². The van der Waals surface area contributed by atoms with E-state index in [9.17, 15) is 0 Å². The van der Waals surface area contributed by atoms with Gasteiger partial charge in [-0.2, -0.15) is 0 Å². The Morgan fingerprint density at radius 3 is 0.455 bits per heavy atom. The van der Waals surface area contributed by atoms with Crippen LogP contribution in [0.2, 0.25) is 0 Å². The second-order valence-corrected chi connectivity index (χ2v) is 1.97. The van der Waals surface area contributed by atoms with Gasteiger partial charge in [-0.15, -0.1) is 0 Å². The first kappa shape index (κ1) is 65.0. The predicted molar refractivity (Wildman–Crippen MR) is 50.0 cm³/mol. The summed E-state index contributed by atoms with van der Waals surface area (Å²) in [6, 6.07) is 0. The van der Waals surface area contributed by atoms with Crippen LogP contribution in [0.4, 0.5) is 0 Å². The molecule has 0 aromatic carbocycles. The molecule has 10 nitrogen and oxygen atoms in total. The third-order valence-electron chi connectivity index (χ3n) is 0. The van der Waals surface area contributed by atoms with Crippen molar-refractivity contribution in [1.82, 2.24) is 0 Å². The summed E-state index contributed by atoms with van der Waals surface area (Å²) in [4.78, 5) is 35.6. The van der Waals surface area contributed by atoms with Gasteiger partial charge < -0.3 is 50.6 Å². The molecule has 0 aliphatic rings. The number of carbonyl (C=O) groups is 4. The van der Waals surface area contributed by atoms with Gasteiger partial charge in [0.15, 0.2) is 0 Å². The van der Waals surface area contributed by atoms with Crippen molar-refractivity contribution in [2.75, 3.05) is 0 Å². The first-order chi connectivity index (χ1) is 6.93. The van der Waals surface area contributed by atoms with Crippen LogP contribution in [0.1, 0.15) is 27.7 Å². The van der Waals surface area contributed by atoms with Crippen LogP contribution in [0.15, 0.2) is 0 Å². The van der Waals surface area contributed by atoms with Gasteiger partial charge in [0, 0.05) is 23.9 Å². The van der Waals surface area contributed by atoms with Crippen LogP contribution in [-0.2, 0) is 19.2 Å². The zero-order valence-electron chi connectivity index (χ0n) is 14.3. The molecule has 0 spiro atoms. The normalized spacial score (nSPS) is 4.55. The van der Waals surface area contributed by atoms with Crippen LogP contribution in [0.5, 0.6) is 0 Å². The van der Waals surface area contributed by atoms with E-state index in [0.29, 0.717) is 0 Å². The summed E-state index contributed by atoms with van der Waals surface area (Å²) >= 11 is 0. The fourth-order valence-corrected chi connectivity index (χ4v) is 0. The molecule has 0 aliphatic heterocycles. The van der Waals surface area contributed by atoms with E-state index in [2.05, 4.69) is 0 Å². The SMILES string of the molecule is CC(=O)[O-].CC(=O)[O-].CC(=O)[O-].CC(=O)[O-].O.O.[Na+].[Na+].[Na+].[Na+]. The van der Waals surface area contributed by atoms with E-state index in [1.165, 1.54) is 0 Å². The van der Waals surface area contributed by atoms with E-state index >= 15 is 0 Å². The van der Waals surface area contributed by atoms with E-state index in [0.717, 1.165) is 27.7 Å². The molecule has 0 aromatic rings. The summed E-state index contributed by atoms with van der Waals surface area (Å²) in [6.07, 6.45) is 0. The summed E-state index contributed by atoms with van der Waals surface area (Å²) in [6.45, 7) is 3.89. The maximum Gasteiger partial charge on any atom is 1.00 e. The third kappa shape index (κ3) is 2910. The Kier molecular flexibility index (Phi) is 168. The second-order valence-electron chi connectivity index (χ2n) is 1.97. The maximum absolute atomic E-state index is 8.89. The first-order valence-corrected chi connectivity index (χ1v) is 3.63. The number of carboxylic acid groups (broad SMARTS) is 4. The van der Waals surface area contributed by atoms with Gasteiger partial charge in [-0.3, -0.25) is 0 Å². The van der Waals surface area contributed by atoms with Crippen molar-refractivity contribution in [1.29, 1.82) is 0 Å². The Morgan fingerprint density at radius 1 is 0.455 bits per heavy atom. The molecule has 0 aliphatic carbocycles. The van der Waals surface area contributed by atoms with Gasteiger partial charge in [-0.1, -0.05) is 0 Å². The number of aliphatic carboxylic acids is 4. The van der Waals surface area contributed by atoms with E-state index in [4.69, 9.17) is 39.6 Å². The minimum Gasteiger partial charge on any atom is -0.550 e. The Morgan fingerprint density at radius 2 is 0.455 bits per heavy atom. The zero-order valence-corrected chi connectivity index (χ0v) is 22.3. The summed E-state index contributed by atoms with van der Waals surface area (Å²) in [5.74, 6) is -4.33. The van der Waals surface area contributed by atoms with Crippen molar-refractivity contribution in [2.24, 2.45) is 0 Å². The van der Waals surface area contributed by atoms with Crippen LogP contribution in [0.3, 0.4) is 0 Å². The van der Waals surface area contributed by atoms with Crippen LogP contribution < -0.4 is 139 Å². The van der Waals surface area contributed by atoms with E-state index in [1.807, 2.05) is 0 Å². The Hall–Kier alpha value is 1.80. The Balaban J connectivity index is -0.00000001000. The molecule has 0 radical (unpaired) electrons. The zero-order chi connectivity index (χ0) is 14.3. The fourth-order valence-electron chi connectivity index (χ4n) is 0. The standard InChI is InChI=1S/4C2H4O2.4Na.2H2O/c4*1-2(3)4;;;;;;/h4*1H3,(H,3,4);;;;;2*1H2/q;;;;4*+1;;/p-4. The van der Waals surface area contributed by atoms with Gasteiger partial charge in [-0.05, 0) is 27.7 Å². The van der Waals surface area contributed by atoms with Gasteiger partial charge in [0.05, 0.1) is 0 Å². The molecular weight excluding hydrogens is 348 g/mol. The monoisotopic (exact) mass is 364 g/mol. The smallest absolute Gasteiger partial charge is 0.550 e. The molecule has 0 fully saturated rings. The minimum absolute atomic E-state index is 0. The van der Waals surface area contributed by atoms with Crippen molar-refractivity contribution in [3.05, 3.63) is 0 Å². The molecule has 0 rings (SSSR count). The summed E-state index contributed by atoms with van der Waals surface area (Å²) in [5.41, 5.74) is 0. The predicted octanol–water partition coefficient (Wildman–Crippen LogP) is -18.6. The molecule has 0 aromatic heterocycles. The molecule has 0 atom stereocenters. The third-order valence-corrected chi connectivity index (χ3v) is 0. The van der Waals surface area contributed by atoms with Gasteiger partial charge in [0.2, 0.25) is 0 Å². The molecule has 4 N–H and O–H groups in total. The molecular formula is C8H16Na4O10. The van der Waals surface area contributed by atoms with Gasteiger partial charge in [0.1, 0.15) is 0 Å². The average molecular weight is 364 g/mol. The molecule has 14 heteroatoms. The quantitative estimate of drug-likeness (QED) is 0.374.